The van der Waals surface area contributed by atoms with Crippen LogP contribution in [0, 0.1) is 11.3 Å². The van der Waals surface area contributed by atoms with Gasteiger partial charge in [-0.2, -0.15) is 10.4 Å². The van der Waals surface area contributed by atoms with Crippen molar-refractivity contribution < 1.29 is 4.79 Å². The number of nitriles is 1. The van der Waals surface area contributed by atoms with Crippen molar-refractivity contribution in [2.75, 3.05) is 18.4 Å². The molecule has 0 saturated carbocycles. The zero-order valence-electron chi connectivity index (χ0n) is 18.7. The van der Waals surface area contributed by atoms with Crippen LogP contribution in [-0.4, -0.2) is 29.2 Å². The van der Waals surface area contributed by atoms with Crippen molar-refractivity contribution in [1.82, 2.24) is 15.5 Å². The van der Waals surface area contributed by atoms with Crippen LogP contribution < -0.4 is 16.2 Å². The van der Waals surface area contributed by atoms with Crippen molar-refractivity contribution in [2.24, 2.45) is 0 Å². The fraction of sp³-hybridized carbons (Fsp3) is 0.185. The number of rotatable bonds is 9. The lowest BCUT2D eigenvalue weighted by atomic mass is 10.0. The molecule has 4 rings (SSSR count). The second kappa shape index (κ2) is 10.9. The first kappa shape index (κ1) is 22.7. The first-order chi connectivity index (χ1) is 16.6. The second-order valence-corrected chi connectivity index (χ2v) is 7.96. The van der Waals surface area contributed by atoms with Crippen LogP contribution in [0.25, 0.3) is 21.9 Å². The van der Waals surface area contributed by atoms with E-state index < -0.39 is 0 Å². The van der Waals surface area contributed by atoms with Gasteiger partial charge in [-0.05, 0) is 47.7 Å². The molecule has 34 heavy (non-hydrogen) atoms. The number of benzene rings is 3. The third-order valence-electron chi connectivity index (χ3n) is 5.61. The normalized spacial score (nSPS) is 10.6. The molecule has 1 aromatic heterocycles. The summed E-state index contributed by atoms with van der Waals surface area (Å²) in [5, 5.41) is 23.0. The zero-order valence-corrected chi connectivity index (χ0v) is 18.7. The van der Waals surface area contributed by atoms with Gasteiger partial charge in [0.15, 0.2) is 5.82 Å². The standard InChI is InChI=1S/C27H25N5O2/c28-18-20-8-13-22(14-9-20)21-11-6-19(7-12-21)10-15-25(33)29-16-3-17-30-26-23-4-1-2-5-24(23)27(34)32-31-26/h1-2,4-9,11-14H,3,10,15-17H2,(H,29,33)(H,30,31)(H,32,34). The Balaban J connectivity index is 1.18. The molecule has 0 fully saturated rings. The second-order valence-electron chi connectivity index (χ2n) is 7.96. The van der Waals surface area contributed by atoms with Crippen LogP contribution in [0.1, 0.15) is 24.0 Å². The maximum absolute atomic E-state index is 12.2. The topological polar surface area (TPSA) is 111 Å². The minimum atomic E-state index is -0.211. The number of carbonyl (C=O) groups is 1. The van der Waals surface area contributed by atoms with E-state index in [1.165, 1.54) is 0 Å². The molecule has 7 nitrogen and oxygen atoms in total. The molecular weight excluding hydrogens is 426 g/mol. The van der Waals surface area contributed by atoms with Gasteiger partial charge in [-0.25, -0.2) is 5.10 Å². The number of carbonyl (C=O) groups excluding carboxylic acids is 1. The summed E-state index contributed by atoms with van der Waals surface area (Å²) in [5.41, 5.74) is 3.67. The van der Waals surface area contributed by atoms with Crippen molar-refractivity contribution in [3.63, 3.8) is 0 Å². The predicted molar refractivity (Wildman–Crippen MR) is 133 cm³/mol. The Morgan fingerprint density at radius 1 is 0.912 bits per heavy atom. The van der Waals surface area contributed by atoms with Crippen molar-refractivity contribution in [1.29, 1.82) is 5.26 Å². The molecule has 0 bridgehead atoms. The quantitative estimate of drug-likeness (QED) is 0.333. The molecule has 0 radical (unpaired) electrons. The molecule has 0 spiro atoms. The molecule has 0 aliphatic carbocycles. The zero-order chi connectivity index (χ0) is 23.8. The lowest BCUT2D eigenvalue weighted by Crippen LogP contribution is -2.26. The van der Waals surface area contributed by atoms with Gasteiger partial charge in [0.25, 0.3) is 5.56 Å². The molecule has 0 aliphatic rings. The number of fused-ring (bicyclic) bond motifs is 1. The van der Waals surface area contributed by atoms with Crippen LogP contribution in [0.15, 0.2) is 77.6 Å². The minimum absolute atomic E-state index is 0.0174. The van der Waals surface area contributed by atoms with Gasteiger partial charge in [0, 0.05) is 24.9 Å². The Hall–Kier alpha value is -4.44. The molecule has 3 aromatic carbocycles. The average molecular weight is 452 g/mol. The lowest BCUT2D eigenvalue weighted by Gasteiger charge is -2.09. The number of nitrogens with one attached hydrogen (secondary N) is 3. The summed E-state index contributed by atoms with van der Waals surface area (Å²) in [6, 6.07) is 25.1. The van der Waals surface area contributed by atoms with Crippen molar-refractivity contribution >= 4 is 22.5 Å². The first-order valence-electron chi connectivity index (χ1n) is 11.2. The van der Waals surface area contributed by atoms with Crippen molar-refractivity contribution in [2.45, 2.75) is 19.3 Å². The third-order valence-corrected chi connectivity index (χ3v) is 5.61. The van der Waals surface area contributed by atoms with Gasteiger partial charge >= 0.3 is 0 Å². The maximum atomic E-state index is 12.2. The lowest BCUT2D eigenvalue weighted by molar-refractivity contribution is -0.121. The number of anilines is 1. The number of hydrogen-bond donors (Lipinski definition) is 3. The Kier molecular flexibility index (Phi) is 7.31. The van der Waals surface area contributed by atoms with E-state index in [0.717, 1.165) is 28.5 Å². The summed E-state index contributed by atoms with van der Waals surface area (Å²) in [7, 11) is 0. The van der Waals surface area contributed by atoms with Crippen molar-refractivity contribution in [3.05, 3.63) is 94.3 Å². The van der Waals surface area contributed by atoms with Gasteiger partial charge in [-0.1, -0.05) is 54.6 Å². The molecule has 170 valence electrons. The first-order valence-corrected chi connectivity index (χ1v) is 11.2. The van der Waals surface area contributed by atoms with Gasteiger partial charge in [0.1, 0.15) is 0 Å². The molecule has 7 heteroatoms. The number of aromatic nitrogens is 2. The summed E-state index contributed by atoms with van der Waals surface area (Å²) in [4.78, 5) is 24.0. The third kappa shape index (κ3) is 5.67. The van der Waals surface area contributed by atoms with E-state index in [9.17, 15) is 9.59 Å². The summed E-state index contributed by atoms with van der Waals surface area (Å²) in [5.74, 6) is 0.648. The molecule has 0 saturated heterocycles. The van der Waals surface area contributed by atoms with E-state index in [0.29, 0.717) is 42.7 Å². The average Bonchev–Trinajstić information content (AvgIpc) is 2.89. The van der Waals surface area contributed by atoms with E-state index in [2.05, 4.69) is 26.9 Å². The van der Waals surface area contributed by atoms with Crippen LogP contribution in [0.5, 0.6) is 0 Å². The monoisotopic (exact) mass is 451 g/mol. The Morgan fingerprint density at radius 3 is 2.29 bits per heavy atom. The van der Waals surface area contributed by atoms with Crippen LogP contribution >= 0.6 is 0 Å². The number of aromatic amines is 1. The highest BCUT2D eigenvalue weighted by Crippen LogP contribution is 2.21. The van der Waals surface area contributed by atoms with E-state index >= 15 is 0 Å². The van der Waals surface area contributed by atoms with Crippen LogP contribution in [0.2, 0.25) is 0 Å². The van der Waals surface area contributed by atoms with Gasteiger partial charge in [0.2, 0.25) is 5.91 Å². The number of aryl methyl sites for hydroxylation is 1. The van der Waals surface area contributed by atoms with Gasteiger partial charge in [-0.15, -0.1) is 0 Å². The number of hydrogen-bond acceptors (Lipinski definition) is 5. The van der Waals surface area contributed by atoms with Crippen LogP contribution in [-0.2, 0) is 11.2 Å². The summed E-state index contributed by atoms with van der Waals surface area (Å²) in [6.07, 6.45) is 1.83. The molecule has 1 heterocycles. The Morgan fingerprint density at radius 2 is 1.59 bits per heavy atom. The predicted octanol–water partition coefficient (Wildman–Crippen LogP) is 4.01. The van der Waals surface area contributed by atoms with Crippen LogP contribution in [0.3, 0.4) is 0 Å². The number of nitrogens with zero attached hydrogens (tertiary/aromatic N) is 2. The molecule has 4 aromatic rings. The fourth-order valence-corrected chi connectivity index (χ4v) is 3.72. The van der Waals surface area contributed by atoms with E-state index in [-0.39, 0.29) is 11.5 Å². The fourth-order valence-electron chi connectivity index (χ4n) is 3.72. The molecule has 3 N–H and O–H groups in total. The maximum Gasteiger partial charge on any atom is 0.272 e. The highest BCUT2D eigenvalue weighted by molar-refractivity contribution is 5.90. The van der Waals surface area contributed by atoms with Gasteiger partial charge < -0.3 is 10.6 Å². The highest BCUT2D eigenvalue weighted by Gasteiger charge is 2.06. The van der Waals surface area contributed by atoms with Gasteiger partial charge in [-0.3, -0.25) is 9.59 Å². The molecule has 0 atom stereocenters. The summed E-state index contributed by atoms with van der Waals surface area (Å²) < 4.78 is 0. The smallest absolute Gasteiger partial charge is 0.272 e. The van der Waals surface area contributed by atoms with E-state index in [1.54, 1.807) is 6.07 Å². The summed E-state index contributed by atoms with van der Waals surface area (Å²) in [6.45, 7) is 1.19. The molecule has 1 amide bonds. The van der Waals surface area contributed by atoms with E-state index in [4.69, 9.17) is 5.26 Å². The van der Waals surface area contributed by atoms with E-state index in [1.807, 2.05) is 66.7 Å². The summed E-state index contributed by atoms with van der Waals surface area (Å²) >= 11 is 0. The Bertz CT molecular complexity index is 1370. The van der Waals surface area contributed by atoms with Crippen molar-refractivity contribution in [3.8, 4) is 17.2 Å². The molecule has 0 unspecified atom stereocenters. The number of H-pyrrole nitrogens is 1. The largest absolute Gasteiger partial charge is 0.368 e. The molecular formula is C27H25N5O2. The van der Waals surface area contributed by atoms with Gasteiger partial charge in [0.05, 0.1) is 17.0 Å². The van der Waals surface area contributed by atoms with Crippen LogP contribution in [0.4, 0.5) is 5.82 Å². The Labute approximate surface area is 197 Å². The number of amides is 1. The SMILES string of the molecule is N#Cc1ccc(-c2ccc(CCC(=O)NCCCNc3n[nH]c(=O)c4ccccc34)cc2)cc1. The highest BCUT2D eigenvalue weighted by atomic mass is 16.1. The molecule has 0 aliphatic heterocycles. The minimum Gasteiger partial charge on any atom is -0.368 e.